The van der Waals surface area contributed by atoms with Gasteiger partial charge in [-0.2, -0.15) is 0 Å². The average molecular weight is 645 g/mol. The predicted molar refractivity (Wildman–Crippen MR) is 179 cm³/mol. The van der Waals surface area contributed by atoms with Gasteiger partial charge in [-0.05, 0) is 99.7 Å². The van der Waals surface area contributed by atoms with Gasteiger partial charge in [0.25, 0.3) is 5.91 Å². The van der Waals surface area contributed by atoms with Crippen molar-refractivity contribution in [2.75, 3.05) is 0 Å². The number of aromatic nitrogens is 1. The first-order valence-electron chi connectivity index (χ1n) is 15.1. The Morgan fingerprint density at radius 3 is 2.11 bits per heavy atom. The quantitative estimate of drug-likeness (QED) is 0.106. The number of ether oxygens (including phenoxy) is 2. The summed E-state index contributed by atoms with van der Waals surface area (Å²) in [6.07, 6.45) is 0.442. The minimum atomic E-state index is -4.76. The van der Waals surface area contributed by atoms with Crippen molar-refractivity contribution in [2.45, 2.75) is 66.6 Å². The maximum Gasteiger partial charge on any atom is 0.573 e. The third-order valence-electron chi connectivity index (χ3n) is 7.60. The molecule has 3 aromatic carbocycles. The SMILES string of the molecule is C=C/C=C(\C(=C/C)C(=O)OC(C)(C)C)c1ccc(Cn2c(C)c(C)c3cc(C(=O)NCc4ccc(OC(F)(F)F)cc4)ccc32)cc1. The van der Waals surface area contributed by atoms with Gasteiger partial charge in [-0.25, -0.2) is 4.79 Å². The molecule has 9 heteroatoms. The van der Waals surface area contributed by atoms with E-state index in [2.05, 4.69) is 21.2 Å². The Morgan fingerprint density at radius 1 is 0.915 bits per heavy atom. The second-order valence-corrected chi connectivity index (χ2v) is 12.1. The van der Waals surface area contributed by atoms with E-state index < -0.39 is 17.9 Å². The van der Waals surface area contributed by atoms with E-state index in [0.717, 1.165) is 38.9 Å². The van der Waals surface area contributed by atoms with Crippen LogP contribution in [-0.4, -0.2) is 28.4 Å². The number of amides is 1. The normalized spacial score (nSPS) is 12.6. The van der Waals surface area contributed by atoms with Gasteiger partial charge in [0.1, 0.15) is 11.4 Å². The van der Waals surface area contributed by atoms with Gasteiger partial charge in [0.05, 0.1) is 5.57 Å². The number of alkyl halides is 3. The van der Waals surface area contributed by atoms with Crippen LogP contribution in [0.2, 0.25) is 0 Å². The highest BCUT2D eigenvalue weighted by Crippen LogP contribution is 2.30. The Kier molecular flexibility index (Phi) is 10.5. The van der Waals surface area contributed by atoms with Crippen molar-refractivity contribution >= 4 is 28.4 Å². The van der Waals surface area contributed by atoms with Crippen molar-refractivity contribution in [2.24, 2.45) is 0 Å². The van der Waals surface area contributed by atoms with Crippen molar-refractivity contribution in [3.8, 4) is 5.75 Å². The first kappa shape index (κ1) is 34.8. The molecule has 0 unspecified atom stereocenters. The van der Waals surface area contributed by atoms with Crippen LogP contribution < -0.4 is 10.1 Å². The molecule has 4 rings (SSSR count). The zero-order chi connectivity index (χ0) is 34.5. The largest absolute Gasteiger partial charge is 0.573 e. The molecule has 0 aliphatic rings. The molecule has 0 radical (unpaired) electrons. The lowest BCUT2D eigenvalue weighted by molar-refractivity contribution is -0.274. The number of fused-ring (bicyclic) bond motifs is 1. The number of nitrogens with zero attached hydrogens (tertiary/aromatic N) is 1. The Morgan fingerprint density at radius 2 is 1.53 bits per heavy atom. The van der Waals surface area contributed by atoms with Gasteiger partial charge in [-0.15, -0.1) is 13.2 Å². The first-order chi connectivity index (χ1) is 22.1. The van der Waals surface area contributed by atoms with Gasteiger partial charge in [-0.3, -0.25) is 4.79 Å². The van der Waals surface area contributed by atoms with Crippen LogP contribution in [-0.2, 0) is 22.6 Å². The number of benzene rings is 3. The third kappa shape index (κ3) is 8.82. The van der Waals surface area contributed by atoms with E-state index in [1.807, 2.05) is 71.0 Å². The average Bonchev–Trinajstić information content (AvgIpc) is 3.23. The molecule has 246 valence electrons. The van der Waals surface area contributed by atoms with E-state index in [1.54, 1.807) is 31.2 Å². The lowest BCUT2D eigenvalue weighted by Gasteiger charge is -2.21. The maximum atomic E-state index is 13.0. The monoisotopic (exact) mass is 644 g/mol. The summed E-state index contributed by atoms with van der Waals surface area (Å²) >= 11 is 0. The molecule has 0 aliphatic carbocycles. The van der Waals surface area contributed by atoms with Crippen molar-refractivity contribution in [1.82, 2.24) is 9.88 Å². The molecule has 1 heterocycles. The zero-order valence-electron chi connectivity index (χ0n) is 27.4. The Balaban J connectivity index is 1.50. The van der Waals surface area contributed by atoms with Gasteiger partial charge in [0.2, 0.25) is 0 Å². The van der Waals surface area contributed by atoms with Crippen molar-refractivity contribution in [1.29, 1.82) is 0 Å². The van der Waals surface area contributed by atoms with Gasteiger partial charge >= 0.3 is 12.3 Å². The summed E-state index contributed by atoms with van der Waals surface area (Å²) in [6, 6.07) is 18.9. The minimum absolute atomic E-state index is 0.148. The molecule has 1 amide bonds. The summed E-state index contributed by atoms with van der Waals surface area (Å²) < 4.78 is 49.0. The fourth-order valence-corrected chi connectivity index (χ4v) is 5.24. The molecule has 0 fully saturated rings. The van der Waals surface area contributed by atoms with Gasteiger partial charge in [0.15, 0.2) is 0 Å². The number of allylic oxidation sites excluding steroid dienone is 3. The highest BCUT2D eigenvalue weighted by Gasteiger charge is 2.31. The summed E-state index contributed by atoms with van der Waals surface area (Å²) in [5.41, 5.74) is 6.69. The Bertz CT molecular complexity index is 1840. The van der Waals surface area contributed by atoms with Crippen LogP contribution in [0.15, 0.2) is 97.1 Å². The zero-order valence-corrected chi connectivity index (χ0v) is 27.4. The molecule has 0 aliphatic heterocycles. The first-order valence-corrected chi connectivity index (χ1v) is 15.1. The number of carbonyl (C=O) groups is 2. The van der Waals surface area contributed by atoms with Gasteiger partial charge in [0, 0.05) is 35.2 Å². The second-order valence-electron chi connectivity index (χ2n) is 12.1. The summed E-state index contributed by atoms with van der Waals surface area (Å²) in [4.78, 5) is 25.9. The predicted octanol–water partition coefficient (Wildman–Crippen LogP) is 8.99. The summed E-state index contributed by atoms with van der Waals surface area (Å²) in [6.45, 7) is 15.9. The number of rotatable bonds is 10. The van der Waals surface area contributed by atoms with Crippen LogP contribution in [0.25, 0.3) is 16.5 Å². The highest BCUT2D eigenvalue weighted by molar-refractivity contribution is 6.06. The van der Waals surface area contributed by atoms with Crippen LogP contribution in [0.1, 0.15) is 66.0 Å². The van der Waals surface area contributed by atoms with Gasteiger partial charge < -0.3 is 19.4 Å². The maximum absolute atomic E-state index is 13.0. The molecule has 0 bridgehead atoms. The van der Waals surface area contributed by atoms with E-state index in [1.165, 1.54) is 24.3 Å². The molecule has 0 spiro atoms. The minimum Gasteiger partial charge on any atom is -0.456 e. The number of hydrogen-bond acceptors (Lipinski definition) is 4. The van der Waals surface area contributed by atoms with Crippen LogP contribution in [0.4, 0.5) is 13.2 Å². The van der Waals surface area contributed by atoms with E-state index in [-0.39, 0.29) is 18.2 Å². The van der Waals surface area contributed by atoms with Crippen LogP contribution in [0.3, 0.4) is 0 Å². The standard InChI is InChI=1S/C38H39F3N2O4/c1-8-10-32(31(9-2)36(45)47-37(5,6)7)28-15-11-27(12-16-28)23-43-25(4)24(3)33-21-29(17-20-34(33)43)35(44)42-22-26-13-18-30(19-14-26)46-38(39,40)41/h8-21H,1,22-23H2,2-7H3,(H,42,44)/b31-9+,32-10-. The molecule has 0 atom stereocenters. The second kappa shape index (κ2) is 14.2. The van der Waals surface area contributed by atoms with Crippen molar-refractivity contribution in [3.63, 3.8) is 0 Å². The number of esters is 1. The third-order valence-corrected chi connectivity index (χ3v) is 7.60. The lowest BCUT2D eigenvalue weighted by atomic mass is 9.96. The fraction of sp³-hybridized carbons (Fsp3) is 0.263. The van der Waals surface area contributed by atoms with Crippen LogP contribution in [0, 0.1) is 13.8 Å². The smallest absolute Gasteiger partial charge is 0.456 e. The van der Waals surface area contributed by atoms with E-state index in [9.17, 15) is 22.8 Å². The molecular weight excluding hydrogens is 605 g/mol. The number of halogens is 3. The Hall–Kier alpha value is -5.05. The molecule has 0 saturated carbocycles. The van der Waals surface area contributed by atoms with Gasteiger partial charge in [-0.1, -0.05) is 61.2 Å². The van der Waals surface area contributed by atoms with E-state index >= 15 is 0 Å². The number of carbonyl (C=O) groups excluding carboxylic acids is 2. The van der Waals surface area contributed by atoms with E-state index in [0.29, 0.717) is 23.2 Å². The topological polar surface area (TPSA) is 69.6 Å². The molecular formula is C38H39F3N2O4. The molecule has 6 nitrogen and oxygen atoms in total. The molecule has 4 aromatic rings. The lowest BCUT2D eigenvalue weighted by Crippen LogP contribution is -2.25. The summed E-state index contributed by atoms with van der Waals surface area (Å²) in [5.74, 6) is -1.01. The van der Waals surface area contributed by atoms with E-state index in [4.69, 9.17) is 4.74 Å². The van der Waals surface area contributed by atoms with Crippen LogP contribution >= 0.6 is 0 Å². The van der Waals surface area contributed by atoms with Crippen LogP contribution in [0.5, 0.6) is 5.75 Å². The van der Waals surface area contributed by atoms with Crippen molar-refractivity contribution in [3.05, 3.63) is 131 Å². The van der Waals surface area contributed by atoms with Crippen molar-refractivity contribution < 1.29 is 32.2 Å². The highest BCUT2D eigenvalue weighted by atomic mass is 19.4. The molecule has 47 heavy (non-hydrogen) atoms. The number of nitrogens with one attached hydrogen (secondary N) is 1. The molecule has 1 aromatic heterocycles. The Labute approximate surface area is 273 Å². The molecule has 1 N–H and O–H groups in total. The fourth-order valence-electron chi connectivity index (χ4n) is 5.24. The molecule has 0 saturated heterocycles. The number of aryl methyl sites for hydroxylation is 1. The summed E-state index contributed by atoms with van der Waals surface area (Å²) in [5, 5.41) is 3.78. The number of hydrogen-bond donors (Lipinski definition) is 1. The summed E-state index contributed by atoms with van der Waals surface area (Å²) in [7, 11) is 0.